The van der Waals surface area contributed by atoms with Crippen LogP contribution in [0, 0.1) is 17.3 Å². The largest absolute Gasteiger partial charge is 0.481 e. The first kappa shape index (κ1) is 15.1. The van der Waals surface area contributed by atoms with Crippen molar-refractivity contribution in [3.05, 3.63) is 0 Å². The highest BCUT2D eigenvalue weighted by Crippen LogP contribution is 2.29. The summed E-state index contributed by atoms with van der Waals surface area (Å²) < 4.78 is 5.24. The number of hydrogen-bond donors (Lipinski definition) is 2. The summed E-state index contributed by atoms with van der Waals surface area (Å²) in [5.74, 6) is 0.167. The molecule has 114 valence electrons. The van der Waals surface area contributed by atoms with Gasteiger partial charge in [0.25, 0.3) is 0 Å². The van der Waals surface area contributed by atoms with Crippen LogP contribution >= 0.6 is 0 Å². The van der Waals surface area contributed by atoms with E-state index in [1.54, 1.807) is 11.8 Å². The quantitative estimate of drug-likeness (QED) is 0.815. The van der Waals surface area contributed by atoms with E-state index in [-0.39, 0.29) is 19.2 Å². The number of ether oxygens (including phenoxy) is 1. The lowest BCUT2D eigenvalue weighted by Crippen LogP contribution is -2.53. The van der Waals surface area contributed by atoms with Gasteiger partial charge in [-0.25, -0.2) is 4.79 Å². The van der Waals surface area contributed by atoms with Crippen molar-refractivity contribution >= 4 is 12.0 Å². The van der Waals surface area contributed by atoms with Gasteiger partial charge in [0.05, 0.1) is 19.3 Å². The van der Waals surface area contributed by atoms with Crippen LogP contribution in [0.4, 0.5) is 4.79 Å². The van der Waals surface area contributed by atoms with Crippen molar-refractivity contribution < 1.29 is 19.4 Å². The lowest BCUT2D eigenvalue weighted by atomic mass is 9.85. The molecule has 6 nitrogen and oxygen atoms in total. The van der Waals surface area contributed by atoms with E-state index in [1.807, 2.05) is 0 Å². The van der Waals surface area contributed by atoms with E-state index in [0.717, 1.165) is 19.5 Å². The maximum atomic E-state index is 12.2. The molecule has 2 aliphatic rings. The fraction of sp³-hybridized carbons (Fsp3) is 0.857. The molecule has 3 atom stereocenters. The summed E-state index contributed by atoms with van der Waals surface area (Å²) in [7, 11) is 0. The van der Waals surface area contributed by atoms with E-state index in [2.05, 4.69) is 19.2 Å². The molecule has 0 saturated carbocycles. The molecule has 2 heterocycles. The van der Waals surface area contributed by atoms with Gasteiger partial charge in [0.15, 0.2) is 0 Å². The average Bonchev–Trinajstić information content (AvgIpc) is 2.98. The Labute approximate surface area is 119 Å². The Morgan fingerprint density at radius 3 is 2.70 bits per heavy atom. The number of amides is 2. The molecule has 2 aliphatic heterocycles. The van der Waals surface area contributed by atoms with Crippen molar-refractivity contribution in [1.29, 1.82) is 0 Å². The molecule has 2 rings (SSSR count). The number of nitrogens with zero attached hydrogens (tertiary/aromatic N) is 1. The minimum absolute atomic E-state index is 0.141. The van der Waals surface area contributed by atoms with Crippen LogP contribution in [-0.2, 0) is 9.53 Å². The van der Waals surface area contributed by atoms with Crippen molar-refractivity contribution in [3.8, 4) is 0 Å². The van der Waals surface area contributed by atoms with Gasteiger partial charge < -0.3 is 20.1 Å². The van der Waals surface area contributed by atoms with Crippen LogP contribution in [0.25, 0.3) is 0 Å². The molecule has 3 unspecified atom stereocenters. The third kappa shape index (κ3) is 2.75. The zero-order valence-electron chi connectivity index (χ0n) is 12.4. The number of aliphatic carboxylic acids is 1. The van der Waals surface area contributed by atoms with E-state index >= 15 is 0 Å². The number of nitrogens with one attached hydrogen (secondary N) is 1. The predicted octanol–water partition coefficient (Wildman–Crippen LogP) is 1.16. The van der Waals surface area contributed by atoms with Gasteiger partial charge in [0.1, 0.15) is 5.41 Å². The average molecular weight is 284 g/mol. The number of carbonyl (C=O) groups is 2. The van der Waals surface area contributed by atoms with Gasteiger partial charge in [0, 0.05) is 13.1 Å². The summed E-state index contributed by atoms with van der Waals surface area (Å²) in [4.78, 5) is 25.4. The number of likely N-dealkylation sites (tertiary alicyclic amines) is 1. The Balaban J connectivity index is 1.94. The molecule has 0 aromatic rings. The van der Waals surface area contributed by atoms with E-state index in [4.69, 9.17) is 4.74 Å². The van der Waals surface area contributed by atoms with Gasteiger partial charge in [0.2, 0.25) is 0 Å². The third-order valence-electron chi connectivity index (χ3n) is 4.70. The number of carboxylic acid groups (broad SMARTS) is 1. The molecule has 6 heteroatoms. The molecular weight excluding hydrogens is 260 g/mol. The van der Waals surface area contributed by atoms with Crippen LogP contribution in [0.3, 0.4) is 0 Å². The number of carboxylic acids is 1. The molecular formula is C14H24N2O4. The summed E-state index contributed by atoms with van der Waals surface area (Å²) >= 11 is 0. The fourth-order valence-corrected chi connectivity index (χ4v) is 2.84. The van der Waals surface area contributed by atoms with Crippen LogP contribution in [0.5, 0.6) is 0 Å². The van der Waals surface area contributed by atoms with Gasteiger partial charge in [-0.1, -0.05) is 13.8 Å². The predicted molar refractivity (Wildman–Crippen MR) is 73.4 cm³/mol. The maximum absolute atomic E-state index is 12.2. The smallest absolute Gasteiger partial charge is 0.317 e. The monoisotopic (exact) mass is 284 g/mol. The first-order chi connectivity index (χ1) is 9.34. The van der Waals surface area contributed by atoms with Crippen LogP contribution in [-0.4, -0.2) is 54.4 Å². The first-order valence-corrected chi connectivity index (χ1v) is 7.21. The summed E-state index contributed by atoms with van der Waals surface area (Å²) in [6, 6.07) is -0.637. The van der Waals surface area contributed by atoms with Gasteiger partial charge in [-0.15, -0.1) is 0 Å². The van der Waals surface area contributed by atoms with Crippen molar-refractivity contribution in [2.45, 2.75) is 33.2 Å². The highest BCUT2D eigenvalue weighted by atomic mass is 16.5. The highest BCUT2D eigenvalue weighted by molar-refractivity contribution is 5.79. The topological polar surface area (TPSA) is 78.9 Å². The first-order valence-electron chi connectivity index (χ1n) is 7.21. The fourth-order valence-electron chi connectivity index (χ4n) is 2.84. The molecule has 2 saturated heterocycles. The number of urea groups is 1. The van der Waals surface area contributed by atoms with Gasteiger partial charge in [-0.2, -0.15) is 0 Å². The minimum Gasteiger partial charge on any atom is -0.481 e. The Morgan fingerprint density at radius 1 is 1.45 bits per heavy atom. The second kappa shape index (κ2) is 5.60. The molecule has 0 aromatic carbocycles. The van der Waals surface area contributed by atoms with Crippen LogP contribution in [0.2, 0.25) is 0 Å². The second-order valence-electron chi connectivity index (χ2n) is 6.48. The summed E-state index contributed by atoms with van der Waals surface area (Å²) in [5.41, 5.74) is -1.03. The number of carbonyl (C=O) groups excluding carboxylic acids is 1. The van der Waals surface area contributed by atoms with Crippen molar-refractivity contribution in [2.24, 2.45) is 17.3 Å². The Kier molecular flexibility index (Phi) is 4.22. The molecule has 0 spiro atoms. The lowest BCUT2D eigenvalue weighted by molar-refractivity contribution is -0.148. The SMILES string of the molecule is CC(C)C1CCN(C(=O)NC2COCC2(C)C(=O)O)C1. The van der Waals surface area contributed by atoms with Crippen molar-refractivity contribution in [1.82, 2.24) is 10.2 Å². The van der Waals surface area contributed by atoms with Crippen LogP contribution in [0.1, 0.15) is 27.2 Å². The molecule has 20 heavy (non-hydrogen) atoms. The molecule has 2 N–H and O–H groups in total. The normalized spacial score (nSPS) is 33.7. The van der Waals surface area contributed by atoms with Gasteiger partial charge >= 0.3 is 12.0 Å². The van der Waals surface area contributed by atoms with Gasteiger partial charge in [-0.05, 0) is 25.2 Å². The molecule has 2 fully saturated rings. The molecule has 0 radical (unpaired) electrons. The Hall–Kier alpha value is -1.30. The Bertz CT molecular complexity index is 399. The van der Waals surface area contributed by atoms with Crippen molar-refractivity contribution in [2.75, 3.05) is 26.3 Å². The summed E-state index contributed by atoms with van der Waals surface area (Å²) in [6.45, 7) is 7.84. The molecule has 0 aliphatic carbocycles. The number of hydrogen-bond acceptors (Lipinski definition) is 3. The van der Waals surface area contributed by atoms with Gasteiger partial charge in [-0.3, -0.25) is 4.79 Å². The zero-order valence-corrected chi connectivity index (χ0v) is 12.4. The summed E-state index contributed by atoms with van der Waals surface area (Å²) in [5, 5.41) is 12.1. The van der Waals surface area contributed by atoms with Crippen molar-refractivity contribution in [3.63, 3.8) is 0 Å². The molecule has 0 bridgehead atoms. The lowest BCUT2D eigenvalue weighted by Gasteiger charge is -2.28. The molecule has 0 aromatic heterocycles. The number of rotatable bonds is 3. The van der Waals surface area contributed by atoms with Crippen LogP contribution in [0.15, 0.2) is 0 Å². The second-order valence-corrected chi connectivity index (χ2v) is 6.48. The van der Waals surface area contributed by atoms with Crippen LogP contribution < -0.4 is 5.32 Å². The summed E-state index contributed by atoms with van der Waals surface area (Å²) in [6.07, 6.45) is 1.02. The Morgan fingerprint density at radius 2 is 2.15 bits per heavy atom. The van der Waals surface area contributed by atoms with E-state index < -0.39 is 17.4 Å². The maximum Gasteiger partial charge on any atom is 0.317 e. The van der Waals surface area contributed by atoms with E-state index in [1.165, 1.54) is 0 Å². The van der Waals surface area contributed by atoms with E-state index in [9.17, 15) is 14.7 Å². The standard InChI is InChI=1S/C14H24N2O4/c1-9(2)10-4-5-16(6-10)13(19)15-11-7-20-8-14(11,3)12(17)18/h9-11H,4-8H2,1-3H3,(H,15,19)(H,17,18). The zero-order chi connectivity index (χ0) is 14.9. The minimum atomic E-state index is -1.03. The third-order valence-corrected chi connectivity index (χ3v) is 4.70. The van der Waals surface area contributed by atoms with E-state index in [0.29, 0.717) is 11.8 Å². The highest BCUT2D eigenvalue weighted by Gasteiger charge is 2.48. The molecule has 2 amide bonds.